The topological polar surface area (TPSA) is 98.7 Å². The van der Waals surface area contributed by atoms with Crippen LogP contribution in [0.2, 0.25) is 0 Å². The largest absolute Gasteiger partial charge is 0.395 e. The third kappa shape index (κ3) is 4.62. The van der Waals surface area contributed by atoms with Crippen LogP contribution in [0, 0.1) is 11.8 Å². The van der Waals surface area contributed by atoms with Crippen molar-refractivity contribution in [2.24, 2.45) is 11.8 Å². The second-order valence-electron chi connectivity index (χ2n) is 4.58. The molecule has 6 heteroatoms. The molecular weight excluding hydrogens is 236 g/mol. The van der Waals surface area contributed by atoms with E-state index in [-0.39, 0.29) is 50.0 Å². The minimum Gasteiger partial charge on any atom is -0.395 e. The van der Waals surface area contributed by atoms with Gasteiger partial charge in [0.15, 0.2) is 0 Å². The molecule has 0 unspecified atom stereocenters. The molecule has 0 aromatic heterocycles. The summed E-state index contributed by atoms with van der Waals surface area (Å²) in [5, 5.41) is 22.6. The van der Waals surface area contributed by atoms with E-state index in [0.29, 0.717) is 25.7 Å². The Morgan fingerprint density at radius 2 is 1.17 bits per heavy atom. The van der Waals surface area contributed by atoms with Crippen LogP contribution in [0.4, 0.5) is 0 Å². The summed E-state index contributed by atoms with van der Waals surface area (Å²) < 4.78 is 0. The Balaban J connectivity index is 2.27. The summed E-state index contributed by atoms with van der Waals surface area (Å²) in [5.74, 6) is -0.145. The van der Waals surface area contributed by atoms with Gasteiger partial charge in [0.1, 0.15) is 0 Å². The van der Waals surface area contributed by atoms with Crippen molar-refractivity contribution in [1.82, 2.24) is 10.6 Å². The van der Waals surface area contributed by atoms with Crippen molar-refractivity contribution in [1.29, 1.82) is 0 Å². The molecule has 0 aromatic carbocycles. The third-order valence-corrected chi connectivity index (χ3v) is 3.29. The predicted molar refractivity (Wildman–Crippen MR) is 65.6 cm³/mol. The van der Waals surface area contributed by atoms with E-state index in [4.69, 9.17) is 10.2 Å². The number of carbonyl (C=O) groups excluding carboxylic acids is 2. The molecule has 1 fully saturated rings. The molecule has 6 nitrogen and oxygen atoms in total. The van der Waals surface area contributed by atoms with Crippen LogP contribution >= 0.6 is 0 Å². The second-order valence-corrected chi connectivity index (χ2v) is 4.58. The monoisotopic (exact) mass is 258 g/mol. The zero-order chi connectivity index (χ0) is 13.4. The molecule has 1 saturated carbocycles. The van der Waals surface area contributed by atoms with E-state index in [2.05, 4.69) is 10.6 Å². The maximum atomic E-state index is 11.6. The van der Waals surface area contributed by atoms with Crippen LogP contribution in [0.15, 0.2) is 0 Å². The summed E-state index contributed by atoms with van der Waals surface area (Å²) in [6, 6.07) is 0. The molecule has 1 aliphatic carbocycles. The fraction of sp³-hybridized carbons (Fsp3) is 0.833. The maximum Gasteiger partial charge on any atom is 0.223 e. The highest BCUT2D eigenvalue weighted by Crippen LogP contribution is 2.28. The number of aliphatic hydroxyl groups is 2. The molecule has 0 spiro atoms. The van der Waals surface area contributed by atoms with E-state index >= 15 is 0 Å². The zero-order valence-corrected chi connectivity index (χ0v) is 10.5. The third-order valence-electron chi connectivity index (χ3n) is 3.29. The quantitative estimate of drug-likeness (QED) is 0.491. The van der Waals surface area contributed by atoms with Crippen molar-refractivity contribution in [3.8, 4) is 0 Å². The highest BCUT2D eigenvalue weighted by molar-refractivity contribution is 5.81. The van der Waals surface area contributed by atoms with Crippen molar-refractivity contribution in [3.63, 3.8) is 0 Å². The van der Waals surface area contributed by atoms with Crippen LogP contribution in [0.3, 0.4) is 0 Å². The number of nitrogens with one attached hydrogen (secondary N) is 2. The SMILES string of the molecule is O=C(NCCO)C1CCC(C(=O)NCCO)CC1. The van der Waals surface area contributed by atoms with E-state index in [1.165, 1.54) is 0 Å². The first-order chi connectivity index (χ1) is 8.69. The summed E-state index contributed by atoms with van der Waals surface area (Å²) in [5.41, 5.74) is 0. The van der Waals surface area contributed by atoms with Crippen molar-refractivity contribution in [3.05, 3.63) is 0 Å². The zero-order valence-electron chi connectivity index (χ0n) is 10.5. The number of amides is 2. The van der Waals surface area contributed by atoms with E-state index in [1.54, 1.807) is 0 Å². The van der Waals surface area contributed by atoms with Crippen LogP contribution in [0.1, 0.15) is 25.7 Å². The standard InChI is InChI=1S/C12H22N2O4/c15-7-5-13-11(17)9-1-2-10(4-3-9)12(18)14-6-8-16/h9-10,15-16H,1-8H2,(H,13,17)(H,14,18). The first-order valence-electron chi connectivity index (χ1n) is 6.46. The minimum absolute atomic E-state index is 0.0294. The second kappa shape index (κ2) is 8.05. The normalized spacial score (nSPS) is 23.4. The molecule has 0 aromatic rings. The minimum atomic E-state index is -0.0509. The Hall–Kier alpha value is -1.14. The van der Waals surface area contributed by atoms with Crippen LogP contribution < -0.4 is 10.6 Å². The number of carbonyl (C=O) groups is 2. The lowest BCUT2D eigenvalue weighted by Gasteiger charge is -2.26. The smallest absolute Gasteiger partial charge is 0.223 e. The summed E-state index contributed by atoms with van der Waals surface area (Å²) in [6.07, 6.45) is 2.81. The van der Waals surface area contributed by atoms with Crippen molar-refractivity contribution >= 4 is 11.8 Å². The Kier molecular flexibility index (Phi) is 6.67. The fourth-order valence-electron chi connectivity index (χ4n) is 2.26. The van der Waals surface area contributed by atoms with Gasteiger partial charge < -0.3 is 20.8 Å². The first kappa shape index (κ1) is 14.9. The fourth-order valence-corrected chi connectivity index (χ4v) is 2.26. The molecule has 2 amide bonds. The summed E-state index contributed by atoms with van der Waals surface area (Å²) >= 11 is 0. The molecule has 0 heterocycles. The van der Waals surface area contributed by atoms with Gasteiger partial charge in [0, 0.05) is 24.9 Å². The van der Waals surface area contributed by atoms with Gasteiger partial charge >= 0.3 is 0 Å². The van der Waals surface area contributed by atoms with Gasteiger partial charge in [0.2, 0.25) is 11.8 Å². The number of hydrogen-bond donors (Lipinski definition) is 4. The Labute approximate surface area is 107 Å². The van der Waals surface area contributed by atoms with Gasteiger partial charge in [0.25, 0.3) is 0 Å². The van der Waals surface area contributed by atoms with E-state index in [0.717, 1.165) is 0 Å². The molecule has 4 N–H and O–H groups in total. The summed E-state index contributed by atoms with van der Waals surface area (Å²) in [4.78, 5) is 23.3. The molecule has 0 saturated heterocycles. The van der Waals surface area contributed by atoms with E-state index in [9.17, 15) is 9.59 Å². The molecule has 0 bridgehead atoms. The van der Waals surface area contributed by atoms with Gasteiger partial charge in [-0.15, -0.1) is 0 Å². The van der Waals surface area contributed by atoms with Crippen LogP contribution in [-0.2, 0) is 9.59 Å². The molecule has 1 rings (SSSR count). The van der Waals surface area contributed by atoms with Crippen LogP contribution in [-0.4, -0.2) is 48.3 Å². The van der Waals surface area contributed by atoms with Gasteiger partial charge in [-0.3, -0.25) is 9.59 Å². The highest BCUT2D eigenvalue weighted by Gasteiger charge is 2.29. The van der Waals surface area contributed by atoms with Crippen LogP contribution in [0.5, 0.6) is 0 Å². The van der Waals surface area contributed by atoms with Gasteiger partial charge in [-0.25, -0.2) is 0 Å². The lowest BCUT2D eigenvalue weighted by atomic mass is 9.81. The number of rotatable bonds is 6. The Bertz CT molecular complexity index is 247. The maximum absolute atomic E-state index is 11.6. The van der Waals surface area contributed by atoms with E-state index in [1.807, 2.05) is 0 Å². The van der Waals surface area contributed by atoms with Crippen molar-refractivity contribution in [2.45, 2.75) is 25.7 Å². The average Bonchev–Trinajstić information content (AvgIpc) is 2.42. The Morgan fingerprint density at radius 3 is 1.44 bits per heavy atom. The highest BCUT2D eigenvalue weighted by atomic mass is 16.3. The van der Waals surface area contributed by atoms with Gasteiger partial charge in [0.05, 0.1) is 13.2 Å². The molecule has 1 aliphatic rings. The molecule has 0 atom stereocenters. The lowest BCUT2D eigenvalue weighted by Crippen LogP contribution is -2.38. The van der Waals surface area contributed by atoms with Crippen molar-refractivity contribution < 1.29 is 19.8 Å². The predicted octanol–water partition coefficient (Wildman–Crippen LogP) is -0.990. The van der Waals surface area contributed by atoms with Crippen LogP contribution in [0.25, 0.3) is 0 Å². The summed E-state index contributed by atoms with van der Waals surface area (Å²) in [7, 11) is 0. The van der Waals surface area contributed by atoms with Crippen molar-refractivity contribution in [2.75, 3.05) is 26.3 Å². The lowest BCUT2D eigenvalue weighted by molar-refractivity contribution is -0.130. The molecule has 18 heavy (non-hydrogen) atoms. The Morgan fingerprint density at radius 1 is 0.833 bits per heavy atom. The van der Waals surface area contributed by atoms with Gasteiger partial charge in [-0.1, -0.05) is 0 Å². The van der Waals surface area contributed by atoms with Gasteiger partial charge in [-0.2, -0.15) is 0 Å². The number of hydrogen-bond acceptors (Lipinski definition) is 4. The molecule has 104 valence electrons. The van der Waals surface area contributed by atoms with Gasteiger partial charge in [-0.05, 0) is 25.7 Å². The average molecular weight is 258 g/mol. The molecular formula is C12H22N2O4. The van der Waals surface area contributed by atoms with E-state index < -0.39 is 0 Å². The number of aliphatic hydroxyl groups excluding tert-OH is 2. The molecule has 0 radical (unpaired) electrons. The summed E-state index contributed by atoms with van der Waals surface area (Å²) in [6.45, 7) is 0.473. The molecule has 0 aliphatic heterocycles. The first-order valence-corrected chi connectivity index (χ1v) is 6.46.